The van der Waals surface area contributed by atoms with E-state index in [1.165, 1.54) is 16.9 Å². The number of H-pyrrole nitrogens is 1. The normalized spacial score (nSPS) is 10.7. The second-order valence-electron chi connectivity index (χ2n) is 4.21. The van der Waals surface area contributed by atoms with Gasteiger partial charge in [-0.05, 0) is 24.3 Å². The van der Waals surface area contributed by atoms with Gasteiger partial charge < -0.3 is 4.74 Å². The van der Waals surface area contributed by atoms with E-state index in [-0.39, 0.29) is 17.8 Å². The van der Waals surface area contributed by atoms with E-state index < -0.39 is 5.97 Å². The maximum atomic E-state index is 11.8. The predicted octanol–water partition coefficient (Wildman–Crippen LogP) is 1.22. The van der Waals surface area contributed by atoms with Crippen LogP contribution in [0.1, 0.15) is 5.69 Å². The molecule has 21 heavy (non-hydrogen) atoms. The van der Waals surface area contributed by atoms with Gasteiger partial charge in [-0.2, -0.15) is 4.52 Å². The van der Waals surface area contributed by atoms with Gasteiger partial charge in [0.15, 0.2) is 0 Å². The first kappa shape index (κ1) is 13.3. The van der Waals surface area contributed by atoms with Crippen molar-refractivity contribution in [2.45, 2.75) is 6.42 Å². The third kappa shape index (κ3) is 2.92. The van der Waals surface area contributed by atoms with Gasteiger partial charge in [-0.15, -0.1) is 0 Å². The van der Waals surface area contributed by atoms with Crippen molar-refractivity contribution in [3.8, 4) is 5.75 Å². The van der Waals surface area contributed by atoms with Crippen LogP contribution in [-0.4, -0.2) is 25.6 Å². The van der Waals surface area contributed by atoms with E-state index in [0.29, 0.717) is 16.5 Å². The number of halogens is 1. The molecule has 0 amide bonds. The summed E-state index contributed by atoms with van der Waals surface area (Å²) in [6.07, 6.45) is 1.22. The van der Waals surface area contributed by atoms with Crippen molar-refractivity contribution in [2.24, 2.45) is 0 Å². The van der Waals surface area contributed by atoms with Gasteiger partial charge in [0.05, 0.1) is 12.1 Å². The lowest BCUT2D eigenvalue weighted by atomic mass is 10.3. The summed E-state index contributed by atoms with van der Waals surface area (Å²) < 4.78 is 6.31. The number of rotatable bonds is 3. The molecule has 0 spiro atoms. The van der Waals surface area contributed by atoms with Crippen molar-refractivity contribution in [3.63, 3.8) is 0 Å². The third-order valence-corrected chi connectivity index (χ3v) is 2.94. The average Bonchev–Trinajstić information content (AvgIpc) is 2.90. The van der Waals surface area contributed by atoms with Crippen molar-refractivity contribution in [2.75, 3.05) is 0 Å². The third-order valence-electron chi connectivity index (χ3n) is 2.69. The molecule has 0 radical (unpaired) electrons. The summed E-state index contributed by atoms with van der Waals surface area (Å²) in [6.45, 7) is 0. The van der Waals surface area contributed by atoms with Gasteiger partial charge in [0.1, 0.15) is 12.1 Å². The Balaban J connectivity index is 1.76. The predicted molar refractivity (Wildman–Crippen MR) is 74.4 cm³/mol. The molecule has 3 aromatic rings. The van der Waals surface area contributed by atoms with Gasteiger partial charge in [0.25, 0.3) is 11.3 Å². The van der Waals surface area contributed by atoms with E-state index in [2.05, 4.69) is 15.1 Å². The minimum atomic E-state index is -0.524. The second kappa shape index (κ2) is 5.37. The second-order valence-corrected chi connectivity index (χ2v) is 4.65. The van der Waals surface area contributed by atoms with Crippen molar-refractivity contribution in [1.82, 2.24) is 19.6 Å². The Morgan fingerprint density at radius 1 is 1.33 bits per heavy atom. The number of hydrogen-bond acceptors (Lipinski definition) is 5. The van der Waals surface area contributed by atoms with Crippen LogP contribution in [0.5, 0.6) is 5.75 Å². The molecule has 0 unspecified atom stereocenters. The van der Waals surface area contributed by atoms with Gasteiger partial charge in [-0.25, -0.2) is 9.97 Å². The lowest BCUT2D eigenvalue weighted by Gasteiger charge is -2.04. The zero-order chi connectivity index (χ0) is 14.8. The first-order valence-corrected chi connectivity index (χ1v) is 6.38. The SMILES string of the molecule is O=C(Cc1cc(=O)n2[nH]cnc2n1)Oc1ccc(Cl)cc1. The van der Waals surface area contributed by atoms with E-state index in [4.69, 9.17) is 16.3 Å². The minimum Gasteiger partial charge on any atom is -0.426 e. The zero-order valence-corrected chi connectivity index (χ0v) is 11.4. The van der Waals surface area contributed by atoms with Crippen LogP contribution in [0.3, 0.4) is 0 Å². The molecule has 0 saturated heterocycles. The number of fused-ring (bicyclic) bond motifs is 1. The van der Waals surface area contributed by atoms with Crippen LogP contribution in [0.2, 0.25) is 5.02 Å². The fraction of sp³-hybridized carbons (Fsp3) is 0.0769. The summed E-state index contributed by atoms with van der Waals surface area (Å²) in [4.78, 5) is 31.5. The smallest absolute Gasteiger partial charge is 0.317 e. The highest BCUT2D eigenvalue weighted by atomic mass is 35.5. The summed E-state index contributed by atoms with van der Waals surface area (Å²) in [5, 5.41) is 3.16. The number of hydrogen-bond donors (Lipinski definition) is 1. The van der Waals surface area contributed by atoms with Crippen LogP contribution in [-0.2, 0) is 11.2 Å². The van der Waals surface area contributed by atoms with E-state index >= 15 is 0 Å². The highest BCUT2D eigenvalue weighted by Gasteiger charge is 2.11. The van der Waals surface area contributed by atoms with E-state index in [0.717, 1.165) is 0 Å². The van der Waals surface area contributed by atoms with Crippen molar-refractivity contribution in [3.05, 3.63) is 57.7 Å². The fourth-order valence-electron chi connectivity index (χ4n) is 1.78. The summed E-state index contributed by atoms with van der Waals surface area (Å²) in [6, 6.07) is 7.66. The van der Waals surface area contributed by atoms with Gasteiger partial charge in [0.2, 0.25) is 0 Å². The number of aromatic nitrogens is 4. The molecule has 0 atom stereocenters. The van der Waals surface area contributed by atoms with E-state index in [1.54, 1.807) is 24.3 Å². The molecule has 1 N–H and O–H groups in total. The number of ether oxygens (including phenoxy) is 1. The largest absolute Gasteiger partial charge is 0.426 e. The first-order chi connectivity index (χ1) is 10.1. The number of esters is 1. The van der Waals surface area contributed by atoms with Crippen molar-refractivity contribution >= 4 is 23.3 Å². The van der Waals surface area contributed by atoms with Crippen LogP contribution in [0, 0.1) is 0 Å². The molecule has 8 heteroatoms. The molecule has 1 aromatic carbocycles. The number of benzene rings is 1. The zero-order valence-electron chi connectivity index (χ0n) is 10.6. The van der Waals surface area contributed by atoms with Crippen molar-refractivity contribution in [1.29, 1.82) is 0 Å². The van der Waals surface area contributed by atoms with Crippen LogP contribution < -0.4 is 10.3 Å². The van der Waals surface area contributed by atoms with Crippen LogP contribution in [0.15, 0.2) is 41.5 Å². The number of nitrogens with one attached hydrogen (secondary N) is 1. The Bertz CT molecular complexity index is 854. The number of carbonyl (C=O) groups excluding carboxylic acids is 1. The average molecular weight is 305 g/mol. The Morgan fingerprint density at radius 2 is 2.10 bits per heavy atom. The maximum Gasteiger partial charge on any atom is 0.317 e. The topological polar surface area (TPSA) is 89.3 Å². The molecule has 0 bridgehead atoms. The highest BCUT2D eigenvalue weighted by molar-refractivity contribution is 6.30. The molecule has 0 aliphatic rings. The molecule has 0 aliphatic heterocycles. The molecule has 3 rings (SSSR count). The summed E-state index contributed by atoms with van der Waals surface area (Å²) in [7, 11) is 0. The quantitative estimate of drug-likeness (QED) is 0.580. The molecular formula is C13H9ClN4O3. The highest BCUT2D eigenvalue weighted by Crippen LogP contribution is 2.16. The number of carbonyl (C=O) groups is 1. The van der Waals surface area contributed by atoms with Gasteiger partial charge in [-0.1, -0.05) is 11.6 Å². The molecule has 0 fully saturated rings. The van der Waals surface area contributed by atoms with Gasteiger partial charge in [0, 0.05) is 11.1 Å². The standard InChI is InChI=1S/C13H9ClN4O3/c14-8-1-3-10(4-2-8)21-12(20)6-9-5-11(19)18-13(17-9)15-7-16-18/h1-5,7H,6H2,(H,15,16,17). The molecule has 2 aromatic heterocycles. The molecular weight excluding hydrogens is 296 g/mol. The fourth-order valence-corrected chi connectivity index (χ4v) is 1.90. The van der Waals surface area contributed by atoms with E-state index in [1.807, 2.05) is 0 Å². The lowest BCUT2D eigenvalue weighted by Crippen LogP contribution is -2.19. The summed E-state index contributed by atoms with van der Waals surface area (Å²) in [5.74, 6) is 0.0582. The Kier molecular flexibility index (Phi) is 3.41. The summed E-state index contributed by atoms with van der Waals surface area (Å²) in [5.41, 5.74) is -0.0437. The van der Waals surface area contributed by atoms with Crippen LogP contribution >= 0.6 is 11.6 Å². The van der Waals surface area contributed by atoms with Crippen molar-refractivity contribution < 1.29 is 9.53 Å². The Hall–Kier alpha value is -2.67. The van der Waals surface area contributed by atoms with Crippen LogP contribution in [0.25, 0.3) is 5.78 Å². The minimum absolute atomic E-state index is 0.124. The lowest BCUT2D eigenvalue weighted by molar-refractivity contribution is -0.133. The van der Waals surface area contributed by atoms with Gasteiger partial charge >= 0.3 is 5.97 Å². The van der Waals surface area contributed by atoms with Crippen LogP contribution in [0.4, 0.5) is 0 Å². The molecule has 0 saturated carbocycles. The summed E-state index contributed by atoms with van der Waals surface area (Å²) >= 11 is 5.74. The maximum absolute atomic E-state index is 11.8. The molecule has 0 aliphatic carbocycles. The number of nitrogens with zero attached hydrogens (tertiary/aromatic N) is 3. The molecule has 2 heterocycles. The molecule has 106 valence electrons. The number of aromatic amines is 1. The van der Waals surface area contributed by atoms with Gasteiger partial charge in [-0.3, -0.25) is 14.7 Å². The Labute approximate surface area is 123 Å². The van der Waals surface area contributed by atoms with E-state index in [9.17, 15) is 9.59 Å². The first-order valence-electron chi connectivity index (χ1n) is 6.00. The Morgan fingerprint density at radius 3 is 2.86 bits per heavy atom. The monoisotopic (exact) mass is 304 g/mol. The molecule has 7 nitrogen and oxygen atoms in total.